The van der Waals surface area contributed by atoms with Gasteiger partial charge in [0.05, 0.1) is 11.7 Å². The molecule has 2 rings (SSSR count). The first kappa shape index (κ1) is 14.8. The first-order valence-electron chi connectivity index (χ1n) is 6.67. The second-order valence-corrected chi connectivity index (χ2v) is 5.62. The molecular weight excluding hydrogens is 316 g/mol. The summed E-state index contributed by atoms with van der Waals surface area (Å²) in [7, 11) is 0. The Morgan fingerprint density at radius 1 is 1.05 bits per heavy atom. The molecule has 3 heteroatoms. The predicted molar refractivity (Wildman–Crippen MR) is 84.7 cm³/mol. The van der Waals surface area contributed by atoms with Crippen molar-refractivity contribution in [2.45, 2.75) is 26.4 Å². The number of hydrogen-bond donors (Lipinski definition) is 0. The second-order valence-electron chi connectivity index (χ2n) is 4.71. The van der Waals surface area contributed by atoms with E-state index in [1.165, 1.54) is 0 Å². The van der Waals surface area contributed by atoms with E-state index in [2.05, 4.69) is 15.9 Å². The van der Waals surface area contributed by atoms with E-state index < -0.39 is 0 Å². The van der Waals surface area contributed by atoms with Crippen molar-refractivity contribution in [1.29, 1.82) is 0 Å². The van der Waals surface area contributed by atoms with Gasteiger partial charge in [0.2, 0.25) is 0 Å². The number of rotatable bonds is 4. The molecule has 0 amide bonds. The topological polar surface area (TPSA) is 26.3 Å². The van der Waals surface area contributed by atoms with Gasteiger partial charge < -0.3 is 4.74 Å². The number of carbonyl (C=O) groups excluding carboxylic acids is 1. The molecule has 0 saturated heterocycles. The van der Waals surface area contributed by atoms with E-state index in [0.29, 0.717) is 5.56 Å². The van der Waals surface area contributed by atoms with Crippen LogP contribution in [0.4, 0.5) is 0 Å². The molecule has 0 radical (unpaired) electrons. The van der Waals surface area contributed by atoms with Crippen molar-refractivity contribution in [2.24, 2.45) is 0 Å². The summed E-state index contributed by atoms with van der Waals surface area (Å²) in [6, 6.07) is 15.6. The fourth-order valence-electron chi connectivity index (χ4n) is 1.78. The normalized spacial score (nSPS) is 11.9. The Morgan fingerprint density at radius 3 is 2.05 bits per heavy atom. The molecule has 0 spiro atoms. The van der Waals surface area contributed by atoms with Crippen molar-refractivity contribution in [3.05, 3.63) is 58.6 Å². The molecule has 1 unspecified atom stereocenters. The minimum absolute atomic E-state index is 0.0475. The maximum atomic E-state index is 11.9. The summed E-state index contributed by atoms with van der Waals surface area (Å²) in [5, 5.41) is 0. The fraction of sp³-hybridized carbons (Fsp3) is 0.235. The molecule has 0 heterocycles. The van der Waals surface area contributed by atoms with E-state index >= 15 is 0 Å². The Bertz CT molecular complexity index is 573. The fourth-order valence-corrected chi connectivity index (χ4v) is 2.04. The maximum Gasteiger partial charge on any atom is 0.338 e. The quantitative estimate of drug-likeness (QED) is 0.730. The van der Waals surface area contributed by atoms with E-state index in [9.17, 15) is 4.79 Å². The smallest absolute Gasteiger partial charge is 0.338 e. The van der Waals surface area contributed by atoms with E-state index in [4.69, 9.17) is 4.74 Å². The number of esters is 1. The van der Waals surface area contributed by atoms with Crippen molar-refractivity contribution in [1.82, 2.24) is 0 Å². The van der Waals surface area contributed by atoms with Crippen LogP contribution in [0, 0.1) is 0 Å². The molecule has 2 aromatic rings. The van der Waals surface area contributed by atoms with Gasteiger partial charge in [0.1, 0.15) is 0 Å². The average molecular weight is 333 g/mol. The van der Waals surface area contributed by atoms with Gasteiger partial charge in [-0.1, -0.05) is 47.1 Å². The van der Waals surface area contributed by atoms with Gasteiger partial charge in [0, 0.05) is 4.47 Å². The summed E-state index contributed by atoms with van der Waals surface area (Å²) in [6.45, 7) is 3.89. The Morgan fingerprint density at radius 2 is 1.55 bits per heavy atom. The number of carbonyl (C=O) groups is 1. The molecule has 0 bridgehead atoms. The molecule has 0 aromatic heterocycles. The average Bonchev–Trinajstić information content (AvgIpc) is 2.48. The van der Waals surface area contributed by atoms with Crippen LogP contribution in [-0.2, 0) is 4.74 Å². The molecule has 0 aliphatic rings. The van der Waals surface area contributed by atoms with Crippen LogP contribution in [0.2, 0.25) is 0 Å². The van der Waals surface area contributed by atoms with Crippen LogP contribution < -0.4 is 0 Å². The summed E-state index contributed by atoms with van der Waals surface area (Å²) in [6.07, 6.45) is 0.775. The molecule has 0 aliphatic carbocycles. The van der Waals surface area contributed by atoms with Crippen LogP contribution in [-0.4, -0.2) is 12.1 Å². The minimum Gasteiger partial charge on any atom is -0.459 e. The van der Waals surface area contributed by atoms with E-state index in [1.54, 1.807) is 0 Å². The summed E-state index contributed by atoms with van der Waals surface area (Å²) in [5.41, 5.74) is 2.79. The highest BCUT2D eigenvalue weighted by Gasteiger charge is 2.10. The number of hydrogen-bond acceptors (Lipinski definition) is 2. The lowest BCUT2D eigenvalue weighted by Gasteiger charge is -2.11. The molecule has 2 nitrogen and oxygen atoms in total. The second kappa shape index (κ2) is 6.71. The molecule has 1 atom stereocenters. The van der Waals surface area contributed by atoms with Crippen LogP contribution in [0.3, 0.4) is 0 Å². The van der Waals surface area contributed by atoms with Gasteiger partial charge in [-0.05, 0) is 48.7 Å². The van der Waals surface area contributed by atoms with Gasteiger partial charge in [-0.15, -0.1) is 0 Å². The van der Waals surface area contributed by atoms with Crippen LogP contribution in [0.25, 0.3) is 11.1 Å². The highest BCUT2D eigenvalue weighted by Crippen LogP contribution is 2.22. The zero-order chi connectivity index (χ0) is 14.5. The van der Waals surface area contributed by atoms with Gasteiger partial charge in [-0.25, -0.2) is 4.79 Å². The highest BCUT2D eigenvalue weighted by atomic mass is 79.9. The summed E-state index contributed by atoms with van der Waals surface area (Å²) < 4.78 is 6.35. The van der Waals surface area contributed by atoms with Crippen LogP contribution in [0.5, 0.6) is 0 Å². The predicted octanol–water partition coefficient (Wildman–Crippen LogP) is 5.07. The van der Waals surface area contributed by atoms with Crippen molar-refractivity contribution in [3.8, 4) is 11.1 Å². The summed E-state index contributed by atoms with van der Waals surface area (Å²) >= 11 is 3.42. The molecule has 0 N–H and O–H groups in total. The minimum atomic E-state index is -0.262. The van der Waals surface area contributed by atoms with E-state index in [-0.39, 0.29) is 12.1 Å². The molecule has 0 aliphatic heterocycles. The number of ether oxygens (including phenoxy) is 1. The number of halogens is 1. The summed E-state index contributed by atoms with van der Waals surface area (Å²) in [4.78, 5) is 11.9. The third kappa shape index (κ3) is 3.70. The van der Waals surface area contributed by atoms with E-state index in [0.717, 1.165) is 22.0 Å². The third-order valence-electron chi connectivity index (χ3n) is 3.18. The SMILES string of the molecule is CCC(C)OC(=O)c1ccc(-c2ccc(Br)cc2)cc1. The Labute approximate surface area is 127 Å². The van der Waals surface area contributed by atoms with Crippen LogP contribution in [0.15, 0.2) is 53.0 Å². The Balaban J connectivity index is 2.14. The zero-order valence-corrected chi connectivity index (χ0v) is 13.2. The number of benzene rings is 2. The van der Waals surface area contributed by atoms with Gasteiger partial charge in [-0.2, -0.15) is 0 Å². The van der Waals surface area contributed by atoms with Gasteiger partial charge in [-0.3, -0.25) is 0 Å². The van der Waals surface area contributed by atoms with Crippen LogP contribution in [0.1, 0.15) is 30.6 Å². The monoisotopic (exact) mass is 332 g/mol. The van der Waals surface area contributed by atoms with Crippen LogP contribution >= 0.6 is 15.9 Å². The third-order valence-corrected chi connectivity index (χ3v) is 3.71. The standard InChI is InChI=1S/C17H17BrO2/c1-3-12(2)20-17(19)15-6-4-13(5-7-15)14-8-10-16(18)11-9-14/h4-12H,3H2,1-2H3. The lowest BCUT2D eigenvalue weighted by Crippen LogP contribution is -2.13. The zero-order valence-electron chi connectivity index (χ0n) is 11.6. The highest BCUT2D eigenvalue weighted by molar-refractivity contribution is 9.10. The Kier molecular flexibility index (Phi) is 4.96. The van der Waals surface area contributed by atoms with Gasteiger partial charge in [0.15, 0.2) is 0 Å². The Hall–Kier alpha value is -1.61. The molecule has 0 saturated carbocycles. The molecule has 104 valence electrons. The molecule has 0 fully saturated rings. The van der Waals surface area contributed by atoms with E-state index in [1.807, 2.05) is 62.4 Å². The first-order valence-corrected chi connectivity index (χ1v) is 7.46. The van der Waals surface area contributed by atoms with Gasteiger partial charge >= 0.3 is 5.97 Å². The van der Waals surface area contributed by atoms with Crippen molar-refractivity contribution in [3.63, 3.8) is 0 Å². The largest absolute Gasteiger partial charge is 0.459 e. The van der Waals surface area contributed by atoms with Gasteiger partial charge in [0.25, 0.3) is 0 Å². The van der Waals surface area contributed by atoms with Crippen molar-refractivity contribution < 1.29 is 9.53 Å². The van der Waals surface area contributed by atoms with Crippen molar-refractivity contribution in [2.75, 3.05) is 0 Å². The molecular formula is C17H17BrO2. The maximum absolute atomic E-state index is 11.9. The first-order chi connectivity index (χ1) is 9.60. The molecule has 2 aromatic carbocycles. The van der Waals surface area contributed by atoms with Crippen molar-refractivity contribution >= 4 is 21.9 Å². The molecule has 20 heavy (non-hydrogen) atoms. The lowest BCUT2D eigenvalue weighted by atomic mass is 10.0. The summed E-state index contributed by atoms with van der Waals surface area (Å²) in [5.74, 6) is -0.262. The lowest BCUT2D eigenvalue weighted by molar-refractivity contribution is 0.0334.